The highest BCUT2D eigenvalue weighted by molar-refractivity contribution is 7.14. The predicted molar refractivity (Wildman–Crippen MR) is 113 cm³/mol. The number of aliphatic hydroxyl groups excluding tert-OH is 1. The summed E-state index contributed by atoms with van der Waals surface area (Å²) in [7, 11) is 0. The second-order valence-electron chi connectivity index (χ2n) is 6.64. The van der Waals surface area contributed by atoms with Crippen LogP contribution in [0.25, 0.3) is 5.76 Å². The number of ketones is 1. The summed E-state index contributed by atoms with van der Waals surface area (Å²) in [5, 5.41) is 13.2. The molecule has 1 saturated heterocycles. The van der Waals surface area contributed by atoms with E-state index in [0.717, 1.165) is 6.42 Å². The highest BCUT2D eigenvalue weighted by Gasteiger charge is 2.47. The first-order chi connectivity index (χ1) is 14.6. The Bertz CT molecular complexity index is 1100. The van der Waals surface area contributed by atoms with Crippen LogP contribution < -0.4 is 9.64 Å². The van der Waals surface area contributed by atoms with Gasteiger partial charge in [0.2, 0.25) is 0 Å². The van der Waals surface area contributed by atoms with Gasteiger partial charge in [-0.1, -0.05) is 19.1 Å². The Kier molecular flexibility index (Phi) is 5.58. The number of hydrogen-bond acceptors (Lipinski definition) is 7. The molecule has 1 aliphatic rings. The first kappa shape index (κ1) is 19.8. The molecule has 1 unspecified atom stereocenters. The molecule has 4 rings (SSSR count). The maximum atomic E-state index is 13.0. The van der Waals surface area contributed by atoms with Crippen LogP contribution in [0.1, 0.15) is 30.5 Å². The van der Waals surface area contributed by atoms with Gasteiger partial charge in [0.25, 0.3) is 5.78 Å². The van der Waals surface area contributed by atoms with Gasteiger partial charge >= 0.3 is 5.91 Å². The smallest absolute Gasteiger partial charge is 0.301 e. The predicted octanol–water partition coefficient (Wildman–Crippen LogP) is 3.95. The van der Waals surface area contributed by atoms with Crippen LogP contribution in [0.2, 0.25) is 0 Å². The minimum absolute atomic E-state index is 0.00837. The normalized spacial score (nSPS) is 18.0. The number of rotatable bonds is 6. The zero-order valence-electron chi connectivity index (χ0n) is 16.2. The molecule has 1 aromatic carbocycles. The number of carbonyl (C=O) groups excluding carboxylic acids is 2. The van der Waals surface area contributed by atoms with Crippen molar-refractivity contribution in [3.63, 3.8) is 0 Å². The van der Waals surface area contributed by atoms with Crippen LogP contribution in [-0.4, -0.2) is 33.4 Å². The lowest BCUT2D eigenvalue weighted by atomic mass is 9.96. The fourth-order valence-corrected chi connectivity index (χ4v) is 4.00. The van der Waals surface area contributed by atoms with Crippen molar-refractivity contribution in [3.05, 3.63) is 77.1 Å². The monoisotopic (exact) mass is 421 g/mol. The van der Waals surface area contributed by atoms with Crippen LogP contribution >= 0.6 is 11.3 Å². The van der Waals surface area contributed by atoms with Crippen LogP contribution in [0.5, 0.6) is 5.75 Å². The van der Waals surface area contributed by atoms with Gasteiger partial charge in [0.15, 0.2) is 5.13 Å². The number of aliphatic hydroxyl groups is 1. The van der Waals surface area contributed by atoms with E-state index in [2.05, 4.69) is 9.97 Å². The lowest BCUT2D eigenvalue weighted by Gasteiger charge is -2.22. The van der Waals surface area contributed by atoms with E-state index in [0.29, 0.717) is 28.6 Å². The summed E-state index contributed by atoms with van der Waals surface area (Å²) in [5.41, 5.74) is 1.06. The molecule has 30 heavy (non-hydrogen) atoms. The van der Waals surface area contributed by atoms with Crippen molar-refractivity contribution in [1.82, 2.24) is 9.97 Å². The number of anilines is 1. The lowest BCUT2D eigenvalue weighted by Crippen LogP contribution is -2.29. The van der Waals surface area contributed by atoms with Crippen LogP contribution in [0.4, 0.5) is 5.13 Å². The summed E-state index contributed by atoms with van der Waals surface area (Å²) in [6.07, 6.45) is 5.57. The third-order valence-corrected chi connectivity index (χ3v) is 5.44. The molecular weight excluding hydrogens is 402 g/mol. The molecule has 8 heteroatoms. The number of carbonyl (C=O) groups is 2. The fourth-order valence-electron chi connectivity index (χ4n) is 3.33. The Morgan fingerprint density at radius 1 is 1.20 bits per heavy atom. The van der Waals surface area contributed by atoms with Gasteiger partial charge in [0.1, 0.15) is 11.5 Å². The summed E-state index contributed by atoms with van der Waals surface area (Å²) < 4.78 is 5.64. The summed E-state index contributed by atoms with van der Waals surface area (Å²) in [6, 6.07) is 9.47. The summed E-state index contributed by atoms with van der Waals surface area (Å²) in [6.45, 7) is 2.54. The van der Waals surface area contributed by atoms with E-state index in [-0.39, 0.29) is 11.3 Å². The first-order valence-corrected chi connectivity index (χ1v) is 10.3. The largest absolute Gasteiger partial charge is 0.507 e. The van der Waals surface area contributed by atoms with E-state index in [1.165, 1.54) is 16.2 Å². The Balaban J connectivity index is 1.86. The molecule has 0 radical (unpaired) electrons. The molecule has 7 nitrogen and oxygen atoms in total. The highest BCUT2D eigenvalue weighted by atomic mass is 32.1. The van der Waals surface area contributed by atoms with E-state index in [1.807, 2.05) is 6.92 Å². The van der Waals surface area contributed by atoms with Gasteiger partial charge in [-0.3, -0.25) is 19.5 Å². The van der Waals surface area contributed by atoms with Crippen molar-refractivity contribution in [2.45, 2.75) is 19.4 Å². The molecule has 1 N–H and O–H groups in total. The number of ether oxygens (including phenoxy) is 1. The molecule has 0 saturated carbocycles. The summed E-state index contributed by atoms with van der Waals surface area (Å²) in [5.74, 6) is -1.16. The van der Waals surface area contributed by atoms with Crippen molar-refractivity contribution in [2.24, 2.45) is 0 Å². The van der Waals surface area contributed by atoms with Crippen molar-refractivity contribution < 1.29 is 19.4 Å². The maximum Gasteiger partial charge on any atom is 0.301 e. The van der Waals surface area contributed by atoms with Crippen LogP contribution in [0, 0.1) is 0 Å². The van der Waals surface area contributed by atoms with Crippen LogP contribution in [-0.2, 0) is 9.59 Å². The minimum Gasteiger partial charge on any atom is -0.507 e. The molecule has 0 aliphatic carbocycles. The number of nitrogens with zero attached hydrogens (tertiary/aromatic N) is 3. The first-order valence-electron chi connectivity index (χ1n) is 9.45. The topological polar surface area (TPSA) is 92.6 Å². The Labute approximate surface area is 177 Å². The Hall–Kier alpha value is -3.52. The highest BCUT2D eigenvalue weighted by Crippen LogP contribution is 2.42. The second kappa shape index (κ2) is 8.46. The fraction of sp³-hybridized carbons (Fsp3) is 0.182. The number of hydrogen-bond donors (Lipinski definition) is 1. The van der Waals surface area contributed by atoms with E-state index < -0.39 is 17.7 Å². The second-order valence-corrected chi connectivity index (χ2v) is 7.51. The molecule has 1 aliphatic heterocycles. The van der Waals surface area contributed by atoms with Gasteiger partial charge in [-0.25, -0.2) is 4.98 Å². The minimum atomic E-state index is -0.806. The SMILES string of the molecule is CCCOc1cccc(C(O)=C2C(=O)C(=O)N(c3nccs3)C2c2ccncc2)c1. The maximum absolute atomic E-state index is 13.0. The number of aromatic nitrogens is 2. The Morgan fingerprint density at radius 2 is 2.00 bits per heavy atom. The molecule has 3 aromatic rings. The molecule has 1 fully saturated rings. The van der Waals surface area contributed by atoms with Crippen molar-refractivity contribution in [3.8, 4) is 5.75 Å². The molecule has 2 aromatic heterocycles. The van der Waals surface area contributed by atoms with Gasteiger partial charge in [0.05, 0.1) is 18.2 Å². The van der Waals surface area contributed by atoms with Gasteiger partial charge in [0, 0.05) is 29.5 Å². The molecular formula is C22H19N3O4S. The van der Waals surface area contributed by atoms with Crippen molar-refractivity contribution >= 4 is 33.9 Å². The van der Waals surface area contributed by atoms with Gasteiger partial charge < -0.3 is 9.84 Å². The zero-order valence-corrected chi connectivity index (χ0v) is 17.0. The number of benzene rings is 1. The number of pyridine rings is 1. The molecule has 0 bridgehead atoms. The standard InChI is InChI=1S/C22H19N3O4S/c1-2-11-29-16-5-3-4-15(13-16)19(26)17-18(14-6-8-23-9-7-14)25(21(28)20(17)27)22-24-10-12-30-22/h3-10,12-13,18,26H,2,11H2,1H3. The quantitative estimate of drug-likeness (QED) is 0.368. The molecule has 152 valence electrons. The van der Waals surface area contributed by atoms with Crippen LogP contribution in [0.3, 0.4) is 0 Å². The third kappa shape index (κ3) is 3.57. The summed E-state index contributed by atoms with van der Waals surface area (Å²) >= 11 is 1.25. The van der Waals surface area contributed by atoms with E-state index in [9.17, 15) is 14.7 Å². The molecule has 3 heterocycles. The zero-order chi connectivity index (χ0) is 21.1. The van der Waals surface area contributed by atoms with Crippen LogP contribution in [0.15, 0.2) is 65.9 Å². The van der Waals surface area contributed by atoms with Gasteiger partial charge in [-0.05, 0) is 36.2 Å². The third-order valence-electron chi connectivity index (χ3n) is 4.67. The summed E-state index contributed by atoms with van der Waals surface area (Å²) in [4.78, 5) is 35.4. The van der Waals surface area contributed by atoms with Crippen molar-refractivity contribution in [2.75, 3.05) is 11.5 Å². The lowest BCUT2D eigenvalue weighted by molar-refractivity contribution is -0.132. The molecule has 0 spiro atoms. The van der Waals surface area contributed by atoms with Gasteiger partial charge in [-0.15, -0.1) is 11.3 Å². The van der Waals surface area contributed by atoms with Gasteiger partial charge in [-0.2, -0.15) is 0 Å². The van der Waals surface area contributed by atoms with E-state index in [4.69, 9.17) is 4.74 Å². The van der Waals surface area contributed by atoms with Crippen molar-refractivity contribution in [1.29, 1.82) is 0 Å². The van der Waals surface area contributed by atoms with E-state index in [1.54, 1.807) is 60.4 Å². The Morgan fingerprint density at radius 3 is 2.70 bits per heavy atom. The number of Topliss-reactive ketones (excluding diaryl/α,β-unsaturated/α-hetero) is 1. The van der Waals surface area contributed by atoms with E-state index >= 15 is 0 Å². The average Bonchev–Trinajstić information content (AvgIpc) is 3.39. The number of amides is 1. The average molecular weight is 421 g/mol. The molecule has 1 amide bonds. The number of thiazole rings is 1. The molecule has 1 atom stereocenters.